The molecule has 1 unspecified atom stereocenters. The third kappa shape index (κ3) is 5.99. The summed E-state index contributed by atoms with van der Waals surface area (Å²) in [4.78, 5) is 14.8. The Balaban J connectivity index is 1.48. The highest BCUT2D eigenvalue weighted by Gasteiger charge is 2.18. The van der Waals surface area contributed by atoms with E-state index in [2.05, 4.69) is 30.3 Å². The van der Waals surface area contributed by atoms with Gasteiger partial charge in [0.15, 0.2) is 6.10 Å². The molecule has 1 aliphatic rings. The largest absolute Gasteiger partial charge is 0.490 e. The van der Waals surface area contributed by atoms with Crippen LogP contribution in [-0.4, -0.2) is 43.2 Å². The molecule has 5 heteroatoms. The molecule has 2 aromatic carbocycles. The first-order valence-electron chi connectivity index (χ1n) is 10.8. The number of ether oxygens (including phenoxy) is 2. The van der Waals surface area contributed by atoms with E-state index in [-0.39, 0.29) is 5.91 Å². The summed E-state index contributed by atoms with van der Waals surface area (Å²) < 4.78 is 12.0. The molecule has 1 N–H and O–H groups in total. The molecule has 3 rings (SSSR count). The van der Waals surface area contributed by atoms with Crippen molar-refractivity contribution in [1.29, 1.82) is 0 Å². The Morgan fingerprint density at radius 2 is 1.80 bits per heavy atom. The van der Waals surface area contributed by atoms with Crippen LogP contribution in [0.1, 0.15) is 42.0 Å². The molecule has 1 saturated heterocycles. The number of nitrogens with one attached hydrogen (secondary N) is 1. The standard InChI is InChI=1S/C25H34N2O3/c1-17-14-18(2)19(3)24(15-17)29-20(4)25(28)26-16-21-6-8-22(9-7-21)30-23-10-12-27(5)13-11-23/h6-9,14-15,20,23H,10-13,16H2,1-5H3,(H,26,28). The zero-order chi connectivity index (χ0) is 21.7. The normalized spacial score (nSPS) is 16.2. The molecule has 162 valence electrons. The van der Waals surface area contributed by atoms with E-state index in [9.17, 15) is 4.79 Å². The van der Waals surface area contributed by atoms with Crippen LogP contribution in [0.3, 0.4) is 0 Å². The van der Waals surface area contributed by atoms with E-state index in [1.54, 1.807) is 6.92 Å². The van der Waals surface area contributed by atoms with Crippen LogP contribution in [0.25, 0.3) is 0 Å². The molecule has 5 nitrogen and oxygen atoms in total. The van der Waals surface area contributed by atoms with Gasteiger partial charge in [-0.2, -0.15) is 0 Å². The zero-order valence-corrected chi connectivity index (χ0v) is 18.8. The van der Waals surface area contributed by atoms with Crippen molar-refractivity contribution in [2.24, 2.45) is 0 Å². The van der Waals surface area contributed by atoms with Crippen LogP contribution in [0.15, 0.2) is 36.4 Å². The monoisotopic (exact) mass is 410 g/mol. The van der Waals surface area contributed by atoms with Crippen LogP contribution in [0.4, 0.5) is 0 Å². The number of hydrogen-bond donors (Lipinski definition) is 1. The Morgan fingerprint density at radius 3 is 2.47 bits per heavy atom. The molecule has 1 fully saturated rings. The lowest BCUT2D eigenvalue weighted by Crippen LogP contribution is -2.36. The molecule has 1 aliphatic heterocycles. The summed E-state index contributed by atoms with van der Waals surface area (Å²) in [6.45, 7) is 10.5. The first-order chi connectivity index (χ1) is 14.3. The van der Waals surface area contributed by atoms with Crippen LogP contribution in [-0.2, 0) is 11.3 Å². The summed E-state index contributed by atoms with van der Waals surface area (Å²) >= 11 is 0. The quantitative estimate of drug-likeness (QED) is 0.744. The molecule has 1 amide bonds. The minimum atomic E-state index is -0.558. The van der Waals surface area contributed by atoms with Crippen molar-refractivity contribution >= 4 is 5.91 Å². The molecular formula is C25H34N2O3. The van der Waals surface area contributed by atoms with Gasteiger partial charge >= 0.3 is 0 Å². The van der Waals surface area contributed by atoms with Gasteiger partial charge in [0.1, 0.15) is 17.6 Å². The molecule has 1 heterocycles. The van der Waals surface area contributed by atoms with E-state index >= 15 is 0 Å². The summed E-state index contributed by atoms with van der Waals surface area (Å²) in [6.07, 6.45) is 1.86. The molecule has 1 atom stereocenters. The van der Waals surface area contributed by atoms with Crippen LogP contribution in [0.2, 0.25) is 0 Å². The molecule has 0 bridgehead atoms. The highest BCUT2D eigenvalue weighted by molar-refractivity contribution is 5.80. The fourth-order valence-electron chi connectivity index (χ4n) is 3.68. The predicted octanol–water partition coefficient (Wildman–Crippen LogP) is 4.17. The first kappa shape index (κ1) is 22.2. The average Bonchev–Trinajstić information content (AvgIpc) is 2.72. The van der Waals surface area contributed by atoms with Gasteiger partial charge in [0.25, 0.3) is 5.91 Å². The maximum Gasteiger partial charge on any atom is 0.261 e. The Bertz CT molecular complexity index is 855. The number of aryl methyl sites for hydroxylation is 2. The molecule has 0 aromatic heterocycles. The molecule has 2 aromatic rings. The number of likely N-dealkylation sites (tertiary alicyclic amines) is 1. The molecule has 0 aliphatic carbocycles. The van der Waals surface area contributed by atoms with Gasteiger partial charge in [-0.3, -0.25) is 4.79 Å². The Morgan fingerprint density at radius 1 is 1.13 bits per heavy atom. The SMILES string of the molecule is Cc1cc(C)c(C)c(OC(C)C(=O)NCc2ccc(OC3CCN(C)CC3)cc2)c1. The lowest BCUT2D eigenvalue weighted by molar-refractivity contribution is -0.127. The highest BCUT2D eigenvalue weighted by atomic mass is 16.5. The second kappa shape index (κ2) is 9.98. The van der Waals surface area contributed by atoms with Gasteiger partial charge in [0.2, 0.25) is 0 Å². The summed E-state index contributed by atoms with van der Waals surface area (Å²) in [7, 11) is 2.15. The van der Waals surface area contributed by atoms with Gasteiger partial charge in [-0.15, -0.1) is 0 Å². The van der Waals surface area contributed by atoms with Gasteiger partial charge in [-0.05, 0) is 88.0 Å². The number of rotatable bonds is 7. The van der Waals surface area contributed by atoms with Crippen molar-refractivity contribution in [3.05, 3.63) is 58.7 Å². The van der Waals surface area contributed by atoms with E-state index in [0.29, 0.717) is 12.6 Å². The van der Waals surface area contributed by atoms with Gasteiger partial charge in [0.05, 0.1) is 0 Å². The second-order valence-corrected chi connectivity index (χ2v) is 8.45. The number of benzene rings is 2. The van der Waals surface area contributed by atoms with E-state index in [1.165, 1.54) is 5.56 Å². The number of carbonyl (C=O) groups excluding carboxylic acids is 1. The topological polar surface area (TPSA) is 50.8 Å². The zero-order valence-electron chi connectivity index (χ0n) is 18.8. The molecule has 0 radical (unpaired) electrons. The maximum atomic E-state index is 12.5. The second-order valence-electron chi connectivity index (χ2n) is 8.45. The molecule has 30 heavy (non-hydrogen) atoms. The van der Waals surface area contributed by atoms with Crippen LogP contribution >= 0.6 is 0 Å². The van der Waals surface area contributed by atoms with Crippen LogP contribution < -0.4 is 14.8 Å². The lowest BCUT2D eigenvalue weighted by atomic mass is 10.1. The van der Waals surface area contributed by atoms with Crippen molar-refractivity contribution in [3.63, 3.8) is 0 Å². The maximum absolute atomic E-state index is 12.5. The number of carbonyl (C=O) groups is 1. The van der Waals surface area contributed by atoms with Crippen molar-refractivity contribution in [1.82, 2.24) is 10.2 Å². The van der Waals surface area contributed by atoms with Crippen LogP contribution in [0.5, 0.6) is 11.5 Å². The third-order valence-electron chi connectivity index (χ3n) is 5.80. The van der Waals surface area contributed by atoms with E-state index in [0.717, 1.165) is 54.1 Å². The average molecular weight is 411 g/mol. The fourth-order valence-corrected chi connectivity index (χ4v) is 3.68. The Kier molecular flexibility index (Phi) is 7.38. The van der Waals surface area contributed by atoms with Crippen molar-refractivity contribution < 1.29 is 14.3 Å². The van der Waals surface area contributed by atoms with Crippen molar-refractivity contribution in [2.45, 2.75) is 59.3 Å². The number of nitrogens with zero attached hydrogens (tertiary/aromatic N) is 1. The van der Waals surface area contributed by atoms with Crippen LogP contribution in [0, 0.1) is 20.8 Å². The number of piperidine rings is 1. The fraction of sp³-hybridized carbons (Fsp3) is 0.480. The summed E-state index contributed by atoms with van der Waals surface area (Å²) in [5.74, 6) is 1.53. The molecule has 0 saturated carbocycles. The summed E-state index contributed by atoms with van der Waals surface area (Å²) in [5.41, 5.74) is 4.40. The van der Waals surface area contributed by atoms with Crippen molar-refractivity contribution in [2.75, 3.05) is 20.1 Å². The molecule has 0 spiro atoms. The minimum absolute atomic E-state index is 0.125. The van der Waals surface area contributed by atoms with E-state index < -0.39 is 6.10 Å². The Labute approximate surface area is 180 Å². The number of amides is 1. The Hall–Kier alpha value is -2.53. The minimum Gasteiger partial charge on any atom is -0.490 e. The van der Waals surface area contributed by atoms with Gasteiger partial charge in [-0.25, -0.2) is 0 Å². The van der Waals surface area contributed by atoms with Gasteiger partial charge in [-0.1, -0.05) is 18.2 Å². The predicted molar refractivity (Wildman–Crippen MR) is 120 cm³/mol. The third-order valence-corrected chi connectivity index (χ3v) is 5.80. The van der Waals surface area contributed by atoms with E-state index in [1.807, 2.05) is 44.2 Å². The van der Waals surface area contributed by atoms with Crippen molar-refractivity contribution in [3.8, 4) is 11.5 Å². The highest BCUT2D eigenvalue weighted by Crippen LogP contribution is 2.24. The van der Waals surface area contributed by atoms with E-state index in [4.69, 9.17) is 9.47 Å². The lowest BCUT2D eigenvalue weighted by Gasteiger charge is -2.29. The van der Waals surface area contributed by atoms with Gasteiger partial charge < -0.3 is 19.7 Å². The smallest absolute Gasteiger partial charge is 0.261 e. The summed E-state index contributed by atoms with van der Waals surface area (Å²) in [5, 5.41) is 2.96. The van der Waals surface area contributed by atoms with Gasteiger partial charge in [0, 0.05) is 19.6 Å². The summed E-state index contributed by atoms with van der Waals surface area (Å²) in [6, 6.07) is 12.1. The first-order valence-corrected chi connectivity index (χ1v) is 10.8. The molecular weight excluding hydrogens is 376 g/mol. The number of hydrogen-bond acceptors (Lipinski definition) is 4.